The standard InChI is InChI=1S/C18H13FN2O5S2/c19-12-2-1-3-13(8-12)28(23,24)17-9-20-18(27-17)21-16(22)7-11-4-5-14-15(6-11)26-10-25-14/h1-6,8-9H,7,10H2,(H,20,21,22). The van der Waals surface area contributed by atoms with E-state index in [1.54, 1.807) is 18.2 Å². The smallest absolute Gasteiger partial charge is 0.231 e. The molecule has 7 nitrogen and oxygen atoms in total. The van der Waals surface area contributed by atoms with Gasteiger partial charge in [0.15, 0.2) is 16.6 Å². The minimum Gasteiger partial charge on any atom is -0.454 e. The fraction of sp³-hybridized carbons (Fsp3) is 0.111. The van der Waals surface area contributed by atoms with Gasteiger partial charge in [-0.3, -0.25) is 4.79 Å². The first-order valence-corrected chi connectivity index (χ1v) is 10.4. The molecule has 144 valence electrons. The summed E-state index contributed by atoms with van der Waals surface area (Å²) < 4.78 is 48.8. The van der Waals surface area contributed by atoms with Gasteiger partial charge in [0.05, 0.1) is 17.5 Å². The molecule has 0 saturated carbocycles. The maximum absolute atomic E-state index is 13.3. The number of nitrogens with zero attached hydrogens (tertiary/aromatic N) is 1. The molecule has 1 aromatic heterocycles. The highest BCUT2D eigenvalue weighted by Gasteiger charge is 2.22. The molecule has 0 radical (unpaired) electrons. The van der Waals surface area contributed by atoms with Crippen LogP contribution in [0.25, 0.3) is 0 Å². The third-order valence-corrected chi connectivity index (χ3v) is 7.03. The molecule has 0 spiro atoms. The van der Waals surface area contributed by atoms with Crippen molar-refractivity contribution in [2.45, 2.75) is 15.5 Å². The van der Waals surface area contributed by atoms with Crippen LogP contribution < -0.4 is 14.8 Å². The number of nitrogens with one attached hydrogen (secondary N) is 1. The lowest BCUT2D eigenvalue weighted by Gasteiger charge is -2.03. The van der Waals surface area contributed by atoms with E-state index in [1.807, 2.05) is 0 Å². The number of thiazole rings is 1. The van der Waals surface area contributed by atoms with E-state index in [2.05, 4.69) is 10.3 Å². The van der Waals surface area contributed by atoms with Crippen molar-refractivity contribution in [3.8, 4) is 11.5 Å². The van der Waals surface area contributed by atoms with E-state index < -0.39 is 15.7 Å². The quantitative estimate of drug-likeness (QED) is 0.682. The molecule has 10 heteroatoms. The molecule has 0 bridgehead atoms. The molecular formula is C18H13FN2O5S2. The molecule has 0 fully saturated rings. The third-order valence-electron chi connectivity index (χ3n) is 3.90. The number of ether oxygens (including phenoxy) is 2. The normalized spacial score (nSPS) is 12.8. The van der Waals surface area contributed by atoms with E-state index in [-0.39, 0.29) is 33.4 Å². The van der Waals surface area contributed by atoms with Crippen LogP contribution in [0, 0.1) is 5.82 Å². The number of amides is 1. The predicted octanol–water partition coefficient (Wildman–Crippen LogP) is 3.02. The van der Waals surface area contributed by atoms with Crippen LogP contribution >= 0.6 is 11.3 Å². The van der Waals surface area contributed by atoms with Gasteiger partial charge in [-0.15, -0.1) is 0 Å². The Morgan fingerprint density at radius 1 is 1.18 bits per heavy atom. The van der Waals surface area contributed by atoms with E-state index in [1.165, 1.54) is 12.1 Å². The van der Waals surface area contributed by atoms with E-state index >= 15 is 0 Å². The summed E-state index contributed by atoms with van der Waals surface area (Å²) in [7, 11) is -3.91. The Balaban J connectivity index is 1.46. The molecule has 1 amide bonds. The van der Waals surface area contributed by atoms with Crippen LogP contribution in [0.4, 0.5) is 9.52 Å². The molecule has 2 aromatic carbocycles. The number of benzene rings is 2. The molecule has 2 heterocycles. The Kier molecular flexibility index (Phi) is 4.73. The Morgan fingerprint density at radius 2 is 2.00 bits per heavy atom. The molecule has 28 heavy (non-hydrogen) atoms. The van der Waals surface area contributed by atoms with E-state index in [0.717, 1.165) is 29.7 Å². The molecule has 0 atom stereocenters. The zero-order valence-corrected chi connectivity index (χ0v) is 15.8. The summed E-state index contributed by atoms with van der Waals surface area (Å²) in [5.74, 6) is 0.185. The fourth-order valence-corrected chi connectivity index (χ4v) is 5.07. The predicted molar refractivity (Wildman–Crippen MR) is 98.9 cm³/mol. The van der Waals surface area contributed by atoms with Crippen LogP contribution in [-0.2, 0) is 21.1 Å². The summed E-state index contributed by atoms with van der Waals surface area (Å²) in [5.41, 5.74) is 0.714. The van der Waals surface area contributed by atoms with Crippen molar-refractivity contribution in [3.05, 3.63) is 60.0 Å². The van der Waals surface area contributed by atoms with E-state index in [9.17, 15) is 17.6 Å². The van der Waals surface area contributed by atoms with Crippen molar-refractivity contribution in [2.24, 2.45) is 0 Å². The van der Waals surface area contributed by atoms with Gasteiger partial charge in [0, 0.05) is 0 Å². The molecule has 0 saturated heterocycles. The molecule has 3 aromatic rings. The van der Waals surface area contributed by atoms with Crippen LogP contribution in [0.5, 0.6) is 11.5 Å². The maximum Gasteiger partial charge on any atom is 0.231 e. The Labute approximate surface area is 163 Å². The number of fused-ring (bicyclic) bond motifs is 1. The summed E-state index contributed by atoms with van der Waals surface area (Å²) in [4.78, 5) is 16.0. The Morgan fingerprint density at radius 3 is 2.82 bits per heavy atom. The Bertz CT molecular complexity index is 1160. The van der Waals surface area contributed by atoms with E-state index in [4.69, 9.17) is 9.47 Å². The highest BCUT2D eigenvalue weighted by molar-refractivity contribution is 7.93. The SMILES string of the molecule is O=C(Cc1ccc2c(c1)OCO2)Nc1ncc(S(=O)(=O)c2cccc(F)c2)s1. The number of hydrogen-bond acceptors (Lipinski definition) is 7. The second-order valence-corrected chi connectivity index (χ2v) is 9.06. The minimum absolute atomic E-state index is 0.0577. The summed E-state index contributed by atoms with van der Waals surface area (Å²) in [6, 6.07) is 9.89. The molecule has 0 aliphatic carbocycles. The maximum atomic E-state index is 13.3. The van der Waals surface area contributed by atoms with Gasteiger partial charge in [-0.25, -0.2) is 17.8 Å². The van der Waals surface area contributed by atoms with Gasteiger partial charge >= 0.3 is 0 Å². The lowest BCUT2D eigenvalue weighted by Crippen LogP contribution is -2.14. The van der Waals surface area contributed by atoms with Crippen LogP contribution in [0.15, 0.2) is 57.8 Å². The van der Waals surface area contributed by atoms with Gasteiger partial charge in [-0.1, -0.05) is 23.5 Å². The average Bonchev–Trinajstić information content (AvgIpc) is 3.31. The molecular weight excluding hydrogens is 407 g/mol. The molecule has 4 rings (SSSR count). The van der Waals surface area contributed by atoms with Crippen molar-refractivity contribution in [1.82, 2.24) is 4.98 Å². The van der Waals surface area contributed by atoms with Gasteiger partial charge in [0.2, 0.25) is 22.5 Å². The average molecular weight is 420 g/mol. The number of carbonyl (C=O) groups excluding carboxylic acids is 1. The van der Waals surface area contributed by atoms with Crippen LogP contribution in [0.2, 0.25) is 0 Å². The zero-order chi connectivity index (χ0) is 19.7. The highest BCUT2D eigenvalue weighted by Crippen LogP contribution is 2.33. The van der Waals surface area contributed by atoms with Crippen molar-refractivity contribution >= 4 is 32.2 Å². The lowest BCUT2D eigenvalue weighted by molar-refractivity contribution is -0.115. The van der Waals surface area contributed by atoms with Crippen molar-refractivity contribution < 1.29 is 27.1 Å². The number of rotatable bonds is 5. The van der Waals surface area contributed by atoms with Gasteiger partial charge in [0.25, 0.3) is 0 Å². The number of hydrogen-bond donors (Lipinski definition) is 1. The summed E-state index contributed by atoms with van der Waals surface area (Å²) in [5, 5.41) is 2.71. The van der Waals surface area contributed by atoms with Gasteiger partial charge in [-0.05, 0) is 35.9 Å². The second-order valence-electron chi connectivity index (χ2n) is 5.86. The van der Waals surface area contributed by atoms with Crippen LogP contribution in [0.3, 0.4) is 0 Å². The fourth-order valence-electron chi connectivity index (χ4n) is 2.59. The number of anilines is 1. The first-order valence-electron chi connectivity index (χ1n) is 8.07. The van der Waals surface area contributed by atoms with Gasteiger partial charge in [-0.2, -0.15) is 0 Å². The zero-order valence-electron chi connectivity index (χ0n) is 14.2. The molecule has 0 unspecified atom stereocenters. The minimum atomic E-state index is -3.91. The summed E-state index contributed by atoms with van der Waals surface area (Å²) in [6.45, 7) is 0.145. The second kappa shape index (κ2) is 7.21. The first kappa shape index (κ1) is 18.4. The third kappa shape index (κ3) is 3.69. The van der Waals surface area contributed by atoms with Crippen LogP contribution in [0.1, 0.15) is 5.56 Å². The highest BCUT2D eigenvalue weighted by atomic mass is 32.2. The number of aromatic nitrogens is 1. The van der Waals surface area contributed by atoms with Crippen LogP contribution in [-0.4, -0.2) is 26.1 Å². The largest absolute Gasteiger partial charge is 0.454 e. The topological polar surface area (TPSA) is 94.6 Å². The molecule has 1 aliphatic rings. The Hall–Kier alpha value is -2.98. The molecule has 1 N–H and O–H groups in total. The monoisotopic (exact) mass is 420 g/mol. The van der Waals surface area contributed by atoms with Gasteiger partial charge < -0.3 is 14.8 Å². The van der Waals surface area contributed by atoms with Crippen molar-refractivity contribution in [1.29, 1.82) is 0 Å². The van der Waals surface area contributed by atoms with Gasteiger partial charge in [0.1, 0.15) is 10.0 Å². The van der Waals surface area contributed by atoms with E-state index in [0.29, 0.717) is 17.1 Å². The number of carbonyl (C=O) groups is 1. The van der Waals surface area contributed by atoms with Crippen molar-refractivity contribution in [3.63, 3.8) is 0 Å². The summed E-state index contributed by atoms with van der Waals surface area (Å²) >= 11 is 0.801. The number of sulfone groups is 1. The first-order chi connectivity index (χ1) is 13.4. The lowest BCUT2D eigenvalue weighted by atomic mass is 10.1. The summed E-state index contributed by atoms with van der Waals surface area (Å²) in [6.07, 6.45) is 1.20. The van der Waals surface area contributed by atoms with Crippen molar-refractivity contribution in [2.75, 3.05) is 12.1 Å². The number of halogens is 1. The molecule has 1 aliphatic heterocycles.